The molecule has 1 heterocycles. The van der Waals surface area contributed by atoms with Crippen LogP contribution in [-0.4, -0.2) is 15.9 Å². The van der Waals surface area contributed by atoms with Crippen LogP contribution in [0.25, 0.3) is 11.1 Å². The van der Waals surface area contributed by atoms with Crippen molar-refractivity contribution in [2.75, 3.05) is 0 Å². The fraction of sp³-hybridized carbons (Fsp3) is 0.150. The van der Waals surface area contributed by atoms with Crippen LogP contribution in [0.5, 0.6) is 0 Å². The fourth-order valence-electron chi connectivity index (χ4n) is 3.05. The first-order valence-electron chi connectivity index (χ1n) is 7.97. The average Bonchev–Trinajstić information content (AvgIpc) is 2.99. The lowest BCUT2D eigenvalue weighted by Crippen LogP contribution is -2.23. The number of aromatic nitrogens is 2. The van der Waals surface area contributed by atoms with Gasteiger partial charge in [-0.05, 0) is 47.7 Å². The second-order valence-corrected chi connectivity index (χ2v) is 6.04. The number of nitrogens with zero attached hydrogens (tertiary/aromatic N) is 2. The molecule has 4 heteroatoms. The van der Waals surface area contributed by atoms with Gasteiger partial charge in [0.25, 0.3) is 5.91 Å². The molecule has 1 aliphatic carbocycles. The van der Waals surface area contributed by atoms with Crippen LogP contribution in [0.1, 0.15) is 32.9 Å². The molecule has 0 aliphatic heterocycles. The predicted molar refractivity (Wildman–Crippen MR) is 92.6 cm³/mol. The van der Waals surface area contributed by atoms with Gasteiger partial charge in [-0.3, -0.25) is 14.8 Å². The monoisotopic (exact) mass is 315 g/mol. The minimum Gasteiger partial charge on any atom is -0.346 e. The minimum atomic E-state index is -0.0930. The number of hydrogen-bond acceptors (Lipinski definition) is 3. The molecule has 1 N–H and O–H groups in total. The van der Waals surface area contributed by atoms with Gasteiger partial charge < -0.3 is 5.32 Å². The summed E-state index contributed by atoms with van der Waals surface area (Å²) in [5.41, 5.74) is 7.27. The van der Waals surface area contributed by atoms with Crippen molar-refractivity contribution in [1.29, 1.82) is 0 Å². The lowest BCUT2D eigenvalue weighted by molar-refractivity contribution is 0.0950. The zero-order chi connectivity index (χ0) is 16.5. The van der Waals surface area contributed by atoms with Gasteiger partial charge in [-0.1, -0.05) is 30.3 Å². The molecule has 118 valence electrons. The number of aryl methyl sites for hydroxylation is 1. The van der Waals surface area contributed by atoms with E-state index in [9.17, 15) is 4.79 Å². The number of fused-ring (bicyclic) bond motifs is 3. The summed E-state index contributed by atoms with van der Waals surface area (Å²) in [5, 5.41) is 2.91. The second kappa shape index (κ2) is 5.89. The number of benzene rings is 2. The largest absolute Gasteiger partial charge is 0.346 e. The van der Waals surface area contributed by atoms with Crippen molar-refractivity contribution in [2.45, 2.75) is 19.9 Å². The molecule has 4 rings (SSSR count). The van der Waals surface area contributed by atoms with Crippen LogP contribution in [0.4, 0.5) is 0 Å². The van der Waals surface area contributed by atoms with Crippen LogP contribution in [0, 0.1) is 6.92 Å². The van der Waals surface area contributed by atoms with E-state index in [-0.39, 0.29) is 5.91 Å². The summed E-state index contributed by atoms with van der Waals surface area (Å²) in [6.45, 7) is 2.26. The Morgan fingerprint density at radius 2 is 1.88 bits per heavy atom. The summed E-state index contributed by atoms with van der Waals surface area (Å²) in [5.74, 6) is -0.0930. The van der Waals surface area contributed by atoms with Gasteiger partial charge in [-0.25, -0.2) is 0 Å². The molecule has 0 saturated carbocycles. The maximum absolute atomic E-state index is 12.4. The van der Waals surface area contributed by atoms with Gasteiger partial charge in [-0.2, -0.15) is 0 Å². The molecule has 0 saturated heterocycles. The highest BCUT2D eigenvalue weighted by Crippen LogP contribution is 2.36. The highest BCUT2D eigenvalue weighted by molar-refractivity contribution is 5.96. The highest BCUT2D eigenvalue weighted by Gasteiger charge is 2.19. The molecule has 0 radical (unpaired) electrons. The SMILES string of the molecule is Cc1cnc(CNC(=O)c2ccc3c(c2)-c2ccccc2C3)cn1. The Morgan fingerprint density at radius 1 is 1.04 bits per heavy atom. The number of nitrogens with one attached hydrogen (secondary N) is 1. The van der Waals surface area contributed by atoms with Crippen molar-refractivity contribution in [2.24, 2.45) is 0 Å². The Hall–Kier alpha value is -3.01. The van der Waals surface area contributed by atoms with Crippen molar-refractivity contribution in [3.8, 4) is 11.1 Å². The van der Waals surface area contributed by atoms with Crippen molar-refractivity contribution in [3.63, 3.8) is 0 Å². The molecule has 0 unspecified atom stereocenters. The number of hydrogen-bond donors (Lipinski definition) is 1. The first-order chi connectivity index (χ1) is 11.7. The van der Waals surface area contributed by atoms with Gasteiger partial charge in [-0.15, -0.1) is 0 Å². The highest BCUT2D eigenvalue weighted by atomic mass is 16.1. The summed E-state index contributed by atoms with van der Waals surface area (Å²) in [7, 11) is 0. The summed E-state index contributed by atoms with van der Waals surface area (Å²) in [4.78, 5) is 20.9. The van der Waals surface area contributed by atoms with E-state index in [1.54, 1.807) is 12.4 Å². The molecule has 3 aromatic rings. The molecular weight excluding hydrogens is 298 g/mol. The van der Waals surface area contributed by atoms with E-state index in [4.69, 9.17) is 0 Å². The second-order valence-electron chi connectivity index (χ2n) is 6.04. The van der Waals surface area contributed by atoms with Gasteiger partial charge in [0, 0.05) is 11.8 Å². The summed E-state index contributed by atoms with van der Waals surface area (Å²) in [6.07, 6.45) is 4.33. The van der Waals surface area contributed by atoms with Gasteiger partial charge in [0.15, 0.2) is 0 Å². The van der Waals surface area contributed by atoms with Crippen molar-refractivity contribution in [3.05, 3.63) is 82.9 Å². The zero-order valence-corrected chi connectivity index (χ0v) is 13.4. The number of carbonyl (C=O) groups excluding carboxylic acids is 1. The van der Waals surface area contributed by atoms with Crippen LogP contribution >= 0.6 is 0 Å². The van der Waals surface area contributed by atoms with Crippen LogP contribution in [-0.2, 0) is 13.0 Å². The van der Waals surface area contributed by atoms with Crippen LogP contribution in [0.15, 0.2) is 54.9 Å². The first kappa shape index (κ1) is 14.6. The Labute approximate surface area is 140 Å². The third kappa shape index (κ3) is 2.67. The van der Waals surface area contributed by atoms with E-state index >= 15 is 0 Å². The van der Waals surface area contributed by atoms with Gasteiger partial charge in [0.1, 0.15) is 0 Å². The Kier molecular flexibility index (Phi) is 3.58. The third-order valence-corrected chi connectivity index (χ3v) is 4.32. The van der Waals surface area contributed by atoms with Crippen molar-refractivity contribution >= 4 is 5.91 Å². The molecule has 0 spiro atoms. The molecule has 0 fully saturated rings. The molecule has 1 aliphatic rings. The fourth-order valence-corrected chi connectivity index (χ4v) is 3.05. The van der Waals surface area contributed by atoms with E-state index in [2.05, 4.69) is 39.6 Å². The molecule has 24 heavy (non-hydrogen) atoms. The zero-order valence-electron chi connectivity index (χ0n) is 13.4. The first-order valence-corrected chi connectivity index (χ1v) is 7.97. The van der Waals surface area contributed by atoms with E-state index in [1.807, 2.05) is 25.1 Å². The van der Waals surface area contributed by atoms with Crippen molar-refractivity contribution in [1.82, 2.24) is 15.3 Å². The summed E-state index contributed by atoms with van der Waals surface area (Å²) < 4.78 is 0. The molecule has 1 amide bonds. The topological polar surface area (TPSA) is 54.9 Å². The standard InChI is InChI=1S/C20H17N3O/c1-13-10-22-17(11-21-13)12-23-20(24)16-7-6-15-8-14-4-2-3-5-18(14)19(15)9-16/h2-7,9-11H,8,12H2,1H3,(H,23,24). The molecule has 0 bridgehead atoms. The number of rotatable bonds is 3. The molecular formula is C20H17N3O. The van der Waals surface area contributed by atoms with E-state index in [0.717, 1.165) is 23.4 Å². The minimum absolute atomic E-state index is 0.0930. The van der Waals surface area contributed by atoms with E-state index < -0.39 is 0 Å². The van der Waals surface area contributed by atoms with Crippen molar-refractivity contribution < 1.29 is 4.79 Å². The molecule has 4 nitrogen and oxygen atoms in total. The predicted octanol–water partition coefficient (Wildman–Crippen LogP) is 3.29. The summed E-state index contributed by atoms with van der Waals surface area (Å²) in [6, 6.07) is 14.3. The maximum atomic E-state index is 12.4. The molecule has 2 aromatic carbocycles. The average molecular weight is 315 g/mol. The van der Waals surface area contributed by atoms with Gasteiger partial charge in [0.2, 0.25) is 0 Å². The smallest absolute Gasteiger partial charge is 0.251 e. The van der Waals surface area contributed by atoms with Gasteiger partial charge >= 0.3 is 0 Å². The quantitative estimate of drug-likeness (QED) is 0.631. The lowest BCUT2D eigenvalue weighted by atomic mass is 10.0. The van der Waals surface area contributed by atoms with Crippen LogP contribution in [0.2, 0.25) is 0 Å². The Bertz CT molecular complexity index is 916. The van der Waals surface area contributed by atoms with Gasteiger partial charge in [0.05, 0.1) is 24.1 Å². The summed E-state index contributed by atoms with van der Waals surface area (Å²) >= 11 is 0. The lowest BCUT2D eigenvalue weighted by Gasteiger charge is -2.07. The number of amides is 1. The Morgan fingerprint density at radius 3 is 2.71 bits per heavy atom. The Balaban J connectivity index is 1.53. The normalized spacial score (nSPS) is 11.7. The van der Waals surface area contributed by atoms with E-state index in [1.165, 1.54) is 16.7 Å². The van der Waals surface area contributed by atoms with E-state index in [0.29, 0.717) is 12.1 Å². The van der Waals surface area contributed by atoms with Crippen LogP contribution in [0.3, 0.4) is 0 Å². The molecule has 0 atom stereocenters. The van der Waals surface area contributed by atoms with Crippen LogP contribution < -0.4 is 5.32 Å². The number of carbonyl (C=O) groups is 1. The molecule has 1 aromatic heterocycles. The maximum Gasteiger partial charge on any atom is 0.251 e. The third-order valence-electron chi connectivity index (χ3n) is 4.32.